The molecular formula is C32H33NO4. The number of carboxylic acids is 2. The maximum absolute atomic E-state index is 11.4. The molecule has 190 valence electrons. The van der Waals surface area contributed by atoms with Crippen molar-refractivity contribution in [2.24, 2.45) is 0 Å². The highest BCUT2D eigenvalue weighted by atomic mass is 16.4. The number of hydrogen-bond donors (Lipinski definition) is 2. The minimum Gasteiger partial charge on any atom is -0.478 e. The Bertz CT molecular complexity index is 1450. The lowest BCUT2D eigenvalue weighted by Gasteiger charge is -2.23. The molecule has 2 N–H and O–H groups in total. The van der Waals surface area contributed by atoms with E-state index in [1.807, 2.05) is 49.6 Å². The average Bonchev–Trinajstić information content (AvgIpc) is 3.16. The van der Waals surface area contributed by atoms with Gasteiger partial charge in [0.05, 0.1) is 11.1 Å². The second-order valence-corrected chi connectivity index (χ2v) is 10.6. The lowest BCUT2D eigenvalue weighted by Crippen LogP contribution is -2.22. The van der Waals surface area contributed by atoms with Gasteiger partial charge in [-0.3, -0.25) is 0 Å². The monoisotopic (exact) mass is 495 g/mol. The summed E-state index contributed by atoms with van der Waals surface area (Å²) in [7, 11) is 2.00. The second kappa shape index (κ2) is 9.40. The van der Waals surface area contributed by atoms with Gasteiger partial charge >= 0.3 is 11.9 Å². The van der Waals surface area contributed by atoms with Crippen LogP contribution in [0.2, 0.25) is 0 Å². The van der Waals surface area contributed by atoms with Crippen molar-refractivity contribution >= 4 is 23.2 Å². The van der Waals surface area contributed by atoms with Gasteiger partial charge in [0.2, 0.25) is 0 Å². The van der Waals surface area contributed by atoms with Crippen LogP contribution >= 0.6 is 0 Å². The van der Waals surface area contributed by atoms with E-state index in [9.17, 15) is 19.8 Å². The van der Waals surface area contributed by atoms with E-state index in [1.165, 1.54) is 11.1 Å². The van der Waals surface area contributed by atoms with E-state index in [4.69, 9.17) is 0 Å². The fraction of sp³-hybridized carbons (Fsp3) is 0.250. The molecule has 0 radical (unpaired) electrons. The third-order valence-corrected chi connectivity index (χ3v) is 7.66. The molecule has 0 fully saturated rings. The third kappa shape index (κ3) is 4.46. The molecular weight excluding hydrogens is 462 g/mol. The summed E-state index contributed by atoms with van der Waals surface area (Å²) in [4.78, 5) is 25.0. The summed E-state index contributed by atoms with van der Waals surface area (Å²) in [5, 5.41) is 18.8. The molecule has 4 rings (SSSR count). The van der Waals surface area contributed by atoms with Crippen molar-refractivity contribution in [2.75, 3.05) is 11.9 Å². The minimum atomic E-state index is -0.919. The molecule has 0 spiro atoms. The van der Waals surface area contributed by atoms with Crippen LogP contribution in [0.3, 0.4) is 0 Å². The van der Waals surface area contributed by atoms with E-state index >= 15 is 0 Å². The van der Waals surface area contributed by atoms with Gasteiger partial charge in [-0.15, -0.1) is 0 Å². The molecule has 2 aromatic rings. The molecule has 0 aromatic heterocycles. The molecule has 2 aromatic carbocycles. The Labute approximate surface area is 218 Å². The lowest BCUT2D eigenvalue weighted by molar-refractivity contribution is 0.0686. The summed E-state index contributed by atoms with van der Waals surface area (Å²) >= 11 is 0. The first-order valence-corrected chi connectivity index (χ1v) is 12.3. The van der Waals surface area contributed by atoms with Crippen molar-refractivity contribution in [1.82, 2.24) is 0 Å². The van der Waals surface area contributed by atoms with Gasteiger partial charge in [0.15, 0.2) is 0 Å². The van der Waals surface area contributed by atoms with E-state index in [0.717, 1.165) is 28.1 Å². The van der Waals surface area contributed by atoms with E-state index in [0.29, 0.717) is 11.1 Å². The maximum atomic E-state index is 11.4. The molecule has 0 unspecified atom stereocenters. The number of rotatable bonds is 6. The molecule has 0 amide bonds. The lowest BCUT2D eigenvalue weighted by atomic mass is 9.80. The molecule has 2 aliphatic rings. The van der Waals surface area contributed by atoms with Gasteiger partial charge < -0.3 is 15.1 Å². The average molecular weight is 496 g/mol. The number of benzene rings is 2. The van der Waals surface area contributed by atoms with Gasteiger partial charge in [0.1, 0.15) is 0 Å². The summed E-state index contributed by atoms with van der Waals surface area (Å²) in [6, 6.07) is 10.7. The standard InChI is InChI=1S/C32H33NO4/c1-20-23-16-14-21(29(34)35)18-25(23)31(2,3)24(20)12-10-8-7-9-11-13-28-32(4,5)26-19-22(30(36)37)15-17-27(26)33(28)6/h7-19H,1-6H3,(H,34,35)(H,36,37)/b8-7+,11-9+,12-10+,28-13+. The third-order valence-electron chi connectivity index (χ3n) is 7.66. The smallest absolute Gasteiger partial charge is 0.335 e. The molecule has 1 aliphatic heterocycles. The van der Waals surface area contributed by atoms with Crippen LogP contribution in [0.15, 0.2) is 90.2 Å². The predicted octanol–water partition coefficient (Wildman–Crippen LogP) is 7.13. The van der Waals surface area contributed by atoms with Gasteiger partial charge in [-0.2, -0.15) is 0 Å². The zero-order valence-electron chi connectivity index (χ0n) is 22.2. The predicted molar refractivity (Wildman–Crippen MR) is 149 cm³/mol. The summed E-state index contributed by atoms with van der Waals surface area (Å²) < 4.78 is 0. The van der Waals surface area contributed by atoms with Crippen molar-refractivity contribution in [3.05, 3.63) is 118 Å². The molecule has 0 bridgehead atoms. The maximum Gasteiger partial charge on any atom is 0.335 e. The highest BCUT2D eigenvalue weighted by Gasteiger charge is 2.38. The van der Waals surface area contributed by atoms with Crippen LogP contribution in [0.25, 0.3) is 5.57 Å². The summed E-state index contributed by atoms with van der Waals surface area (Å²) in [6.45, 7) is 10.5. The van der Waals surface area contributed by atoms with Crippen molar-refractivity contribution in [3.63, 3.8) is 0 Å². The Morgan fingerprint density at radius 1 is 0.784 bits per heavy atom. The van der Waals surface area contributed by atoms with Gasteiger partial charge in [0, 0.05) is 29.3 Å². The zero-order chi connectivity index (χ0) is 27.1. The number of fused-ring (bicyclic) bond motifs is 2. The number of anilines is 1. The quantitative estimate of drug-likeness (QED) is 0.417. The van der Waals surface area contributed by atoms with Crippen LogP contribution in [-0.4, -0.2) is 29.2 Å². The Morgan fingerprint density at radius 3 is 2.00 bits per heavy atom. The highest BCUT2D eigenvalue weighted by molar-refractivity contribution is 5.91. The van der Waals surface area contributed by atoms with Crippen LogP contribution in [0.5, 0.6) is 0 Å². The van der Waals surface area contributed by atoms with Crippen LogP contribution in [0.4, 0.5) is 5.69 Å². The van der Waals surface area contributed by atoms with Gasteiger partial charge in [-0.1, -0.05) is 70.2 Å². The minimum absolute atomic E-state index is 0.274. The van der Waals surface area contributed by atoms with Crippen LogP contribution < -0.4 is 4.90 Å². The van der Waals surface area contributed by atoms with Gasteiger partial charge in [0.25, 0.3) is 0 Å². The zero-order valence-corrected chi connectivity index (χ0v) is 22.2. The van der Waals surface area contributed by atoms with Crippen molar-refractivity contribution in [3.8, 4) is 0 Å². The van der Waals surface area contributed by atoms with Crippen LogP contribution in [0, 0.1) is 0 Å². The fourth-order valence-corrected chi connectivity index (χ4v) is 5.57. The molecule has 5 nitrogen and oxygen atoms in total. The van der Waals surface area contributed by atoms with Crippen molar-refractivity contribution in [2.45, 2.75) is 45.4 Å². The van der Waals surface area contributed by atoms with Crippen molar-refractivity contribution < 1.29 is 19.8 Å². The van der Waals surface area contributed by atoms with Crippen LogP contribution in [0.1, 0.15) is 72.0 Å². The molecule has 37 heavy (non-hydrogen) atoms. The molecule has 1 aliphatic carbocycles. The number of aromatic carboxylic acids is 2. The first-order chi connectivity index (χ1) is 17.4. The van der Waals surface area contributed by atoms with E-state index in [-0.39, 0.29) is 10.8 Å². The molecule has 0 saturated heterocycles. The number of carboxylic acid groups (broad SMARTS) is 2. The highest BCUT2D eigenvalue weighted by Crippen LogP contribution is 2.48. The summed E-state index contributed by atoms with van der Waals surface area (Å²) in [5.41, 5.74) is 7.63. The number of nitrogens with zero attached hydrogens (tertiary/aromatic N) is 1. The second-order valence-electron chi connectivity index (χ2n) is 10.6. The Morgan fingerprint density at radius 2 is 1.35 bits per heavy atom. The number of hydrogen-bond acceptors (Lipinski definition) is 3. The Hall–Kier alpha value is -4.12. The molecule has 5 heteroatoms. The molecule has 0 saturated carbocycles. The first kappa shape index (κ1) is 26.0. The van der Waals surface area contributed by atoms with Gasteiger partial charge in [-0.25, -0.2) is 9.59 Å². The fourth-order valence-electron chi connectivity index (χ4n) is 5.57. The van der Waals surface area contributed by atoms with E-state index in [1.54, 1.807) is 24.3 Å². The number of likely N-dealkylation sites (N-methyl/N-ethyl adjacent to an activating group) is 1. The molecule has 1 heterocycles. The SMILES string of the molecule is CC1=C(/C=C/C=C/C=C/C=C2/N(C)c3ccc(C(=O)O)cc3C2(C)C)C(C)(C)c2cc(C(=O)O)ccc21. The molecule has 0 atom stereocenters. The number of allylic oxidation sites excluding steroid dienone is 10. The normalized spacial score (nSPS) is 19.0. The largest absolute Gasteiger partial charge is 0.478 e. The van der Waals surface area contributed by atoms with Crippen LogP contribution in [-0.2, 0) is 10.8 Å². The first-order valence-electron chi connectivity index (χ1n) is 12.3. The van der Waals surface area contributed by atoms with Crippen molar-refractivity contribution in [1.29, 1.82) is 0 Å². The van der Waals surface area contributed by atoms with E-state index < -0.39 is 11.9 Å². The van der Waals surface area contributed by atoms with Gasteiger partial charge in [-0.05, 0) is 71.2 Å². The Kier molecular flexibility index (Phi) is 6.59. The Balaban J connectivity index is 1.48. The van der Waals surface area contributed by atoms with E-state index in [2.05, 4.69) is 51.7 Å². The number of carbonyl (C=O) groups is 2. The summed E-state index contributed by atoms with van der Waals surface area (Å²) in [6.07, 6.45) is 14.1. The topological polar surface area (TPSA) is 77.8 Å². The summed E-state index contributed by atoms with van der Waals surface area (Å²) in [5.74, 6) is -1.83.